The molecule has 69 valence electrons. The summed E-state index contributed by atoms with van der Waals surface area (Å²) in [6.45, 7) is 3.88. The Kier molecular flexibility index (Phi) is 2.90. The first-order valence-electron chi connectivity index (χ1n) is 4.21. The second kappa shape index (κ2) is 4.15. The van der Waals surface area contributed by atoms with Gasteiger partial charge in [0.05, 0.1) is 5.37 Å². The topological polar surface area (TPSA) is 16.1 Å². The van der Waals surface area contributed by atoms with Crippen molar-refractivity contribution < 1.29 is 0 Å². The van der Waals surface area contributed by atoms with Gasteiger partial charge in [-0.25, -0.2) is 4.98 Å². The minimum atomic E-state index is 0.503. The summed E-state index contributed by atoms with van der Waals surface area (Å²) < 4.78 is 0. The molecule has 0 spiro atoms. The number of hydrogen-bond donors (Lipinski definition) is 0. The fourth-order valence-electron chi connectivity index (χ4n) is 1.27. The second-order valence-electron chi connectivity index (χ2n) is 2.74. The lowest BCUT2D eigenvalue weighted by Crippen LogP contribution is -2.23. The monoisotopic (exact) mass is 211 g/mol. The average molecular weight is 211 g/mol. The van der Waals surface area contributed by atoms with Crippen molar-refractivity contribution >= 4 is 28.2 Å². The summed E-state index contributed by atoms with van der Waals surface area (Å²) in [4.78, 5) is 6.51. The molecule has 4 heteroatoms. The minimum absolute atomic E-state index is 0.503. The zero-order valence-electron chi connectivity index (χ0n) is 7.22. The Balaban J connectivity index is 2.09. The predicted octanol–water partition coefficient (Wildman–Crippen LogP) is 3.11. The molecule has 1 radical (unpaired) electrons. The molecule has 1 atom stereocenters. The van der Waals surface area contributed by atoms with Crippen molar-refractivity contribution in [3.63, 3.8) is 0 Å². The lowest BCUT2D eigenvalue weighted by molar-refractivity contribution is 0.778. The van der Waals surface area contributed by atoms with Crippen LogP contribution in [-0.4, -0.2) is 10.4 Å². The number of aromatic nitrogens is 1. The average Bonchev–Trinajstić information content (AvgIpc) is 2.71. The highest BCUT2D eigenvalue weighted by molar-refractivity contribution is 8.03. The summed E-state index contributed by atoms with van der Waals surface area (Å²) in [7, 11) is 0. The Morgan fingerprint density at radius 1 is 1.62 bits per heavy atom. The maximum atomic E-state index is 4.29. The molecule has 1 aliphatic rings. The smallest absolute Gasteiger partial charge is 0.190 e. The SMILES string of the molecule is [CH2]CCC1SC=CN1c1nccs1. The summed E-state index contributed by atoms with van der Waals surface area (Å²) in [5.74, 6) is 0. The Hall–Kier alpha value is -0.480. The molecule has 1 aromatic heterocycles. The van der Waals surface area contributed by atoms with Gasteiger partial charge in [0.2, 0.25) is 0 Å². The molecule has 0 N–H and O–H groups in total. The van der Waals surface area contributed by atoms with Gasteiger partial charge < -0.3 is 4.90 Å². The van der Waals surface area contributed by atoms with Crippen molar-refractivity contribution in [2.75, 3.05) is 4.90 Å². The van der Waals surface area contributed by atoms with Crippen LogP contribution in [0.5, 0.6) is 0 Å². The molecular formula is C9H11N2S2. The second-order valence-corrected chi connectivity index (χ2v) is 4.70. The summed E-state index contributed by atoms with van der Waals surface area (Å²) in [6, 6.07) is 0. The van der Waals surface area contributed by atoms with Crippen LogP contribution in [0.15, 0.2) is 23.2 Å². The van der Waals surface area contributed by atoms with Gasteiger partial charge in [0.15, 0.2) is 5.13 Å². The number of anilines is 1. The number of thioether (sulfide) groups is 1. The molecule has 13 heavy (non-hydrogen) atoms. The van der Waals surface area contributed by atoms with Gasteiger partial charge in [0, 0.05) is 17.8 Å². The van der Waals surface area contributed by atoms with Gasteiger partial charge in [0.25, 0.3) is 0 Å². The van der Waals surface area contributed by atoms with Crippen molar-refractivity contribution in [3.05, 3.63) is 30.1 Å². The van der Waals surface area contributed by atoms with Crippen molar-refractivity contribution in [1.29, 1.82) is 0 Å². The highest BCUT2D eigenvalue weighted by Gasteiger charge is 2.21. The van der Waals surface area contributed by atoms with E-state index in [2.05, 4.69) is 28.4 Å². The molecule has 0 bridgehead atoms. The van der Waals surface area contributed by atoms with E-state index in [0.717, 1.165) is 18.0 Å². The first kappa shape index (κ1) is 9.09. The van der Waals surface area contributed by atoms with E-state index in [4.69, 9.17) is 0 Å². The van der Waals surface area contributed by atoms with Gasteiger partial charge in [-0.3, -0.25) is 0 Å². The maximum Gasteiger partial charge on any atom is 0.190 e. The molecule has 1 aromatic rings. The maximum absolute atomic E-state index is 4.29. The van der Waals surface area contributed by atoms with E-state index in [1.54, 1.807) is 11.3 Å². The number of nitrogens with zero attached hydrogens (tertiary/aromatic N) is 2. The summed E-state index contributed by atoms with van der Waals surface area (Å²) >= 11 is 3.52. The molecule has 2 heterocycles. The van der Waals surface area contributed by atoms with Crippen molar-refractivity contribution in [3.8, 4) is 0 Å². The molecule has 0 amide bonds. The summed E-state index contributed by atoms with van der Waals surface area (Å²) in [5.41, 5.74) is 0. The molecule has 2 rings (SSSR count). The van der Waals surface area contributed by atoms with Crippen LogP contribution in [0.4, 0.5) is 5.13 Å². The quantitative estimate of drug-likeness (QED) is 0.764. The first-order chi connectivity index (χ1) is 6.42. The van der Waals surface area contributed by atoms with Crippen LogP contribution in [0.2, 0.25) is 0 Å². The Morgan fingerprint density at radius 2 is 2.54 bits per heavy atom. The highest BCUT2D eigenvalue weighted by atomic mass is 32.2. The number of rotatable bonds is 3. The minimum Gasteiger partial charge on any atom is -0.311 e. The van der Waals surface area contributed by atoms with Crippen LogP contribution in [-0.2, 0) is 0 Å². The standard InChI is InChI=1S/C9H11N2S2/c1-2-3-8-11(5-7-12-8)9-10-4-6-13-9/h4-8H,1-3H2. The van der Waals surface area contributed by atoms with Crippen LogP contribution in [0, 0.1) is 6.92 Å². The van der Waals surface area contributed by atoms with Crippen LogP contribution in [0.25, 0.3) is 0 Å². The third-order valence-electron chi connectivity index (χ3n) is 1.86. The molecule has 0 aliphatic carbocycles. The molecule has 0 fully saturated rings. The van der Waals surface area contributed by atoms with Crippen molar-refractivity contribution in [2.45, 2.75) is 18.2 Å². The third-order valence-corrected chi connectivity index (χ3v) is 3.70. The van der Waals surface area contributed by atoms with E-state index in [9.17, 15) is 0 Å². The molecule has 0 saturated carbocycles. The van der Waals surface area contributed by atoms with E-state index in [1.807, 2.05) is 23.3 Å². The molecule has 2 nitrogen and oxygen atoms in total. The van der Waals surface area contributed by atoms with Gasteiger partial charge in [-0.15, -0.1) is 23.1 Å². The van der Waals surface area contributed by atoms with E-state index in [0.29, 0.717) is 5.37 Å². The van der Waals surface area contributed by atoms with E-state index < -0.39 is 0 Å². The highest BCUT2D eigenvalue weighted by Crippen LogP contribution is 2.33. The van der Waals surface area contributed by atoms with Gasteiger partial charge in [-0.2, -0.15) is 0 Å². The Bertz CT molecular complexity index is 282. The summed E-state index contributed by atoms with van der Waals surface area (Å²) in [5, 5.41) is 5.72. The van der Waals surface area contributed by atoms with Crippen molar-refractivity contribution in [2.24, 2.45) is 0 Å². The van der Waals surface area contributed by atoms with Crippen LogP contribution in [0.3, 0.4) is 0 Å². The first-order valence-corrected chi connectivity index (χ1v) is 6.03. The lowest BCUT2D eigenvalue weighted by Gasteiger charge is -2.21. The van der Waals surface area contributed by atoms with E-state index in [1.165, 1.54) is 0 Å². The van der Waals surface area contributed by atoms with Crippen molar-refractivity contribution in [1.82, 2.24) is 4.98 Å². The Morgan fingerprint density at radius 3 is 3.23 bits per heavy atom. The normalized spacial score (nSPS) is 21.3. The van der Waals surface area contributed by atoms with Crippen LogP contribution >= 0.6 is 23.1 Å². The van der Waals surface area contributed by atoms with E-state index in [-0.39, 0.29) is 0 Å². The molecule has 0 saturated heterocycles. The number of hydrogen-bond acceptors (Lipinski definition) is 4. The molecular weight excluding hydrogens is 200 g/mol. The zero-order valence-corrected chi connectivity index (χ0v) is 8.85. The van der Waals surface area contributed by atoms with Gasteiger partial charge in [-0.05, 0) is 11.8 Å². The fourth-order valence-corrected chi connectivity index (χ4v) is 2.99. The van der Waals surface area contributed by atoms with Gasteiger partial charge in [-0.1, -0.05) is 13.3 Å². The molecule has 1 unspecified atom stereocenters. The Labute approximate surface area is 86.7 Å². The zero-order chi connectivity index (χ0) is 9.10. The summed E-state index contributed by atoms with van der Waals surface area (Å²) in [6.07, 6.45) is 6.03. The van der Waals surface area contributed by atoms with Crippen LogP contribution < -0.4 is 4.90 Å². The fraction of sp³-hybridized carbons (Fsp3) is 0.333. The third kappa shape index (κ3) is 1.89. The van der Waals surface area contributed by atoms with Gasteiger partial charge >= 0.3 is 0 Å². The molecule has 1 aliphatic heterocycles. The number of thiazole rings is 1. The van der Waals surface area contributed by atoms with Crippen LogP contribution in [0.1, 0.15) is 12.8 Å². The molecule has 0 aromatic carbocycles. The lowest BCUT2D eigenvalue weighted by atomic mass is 10.3. The predicted molar refractivity (Wildman–Crippen MR) is 59.7 cm³/mol. The van der Waals surface area contributed by atoms with E-state index >= 15 is 0 Å². The largest absolute Gasteiger partial charge is 0.311 e. The van der Waals surface area contributed by atoms with Gasteiger partial charge in [0.1, 0.15) is 0 Å².